The van der Waals surface area contributed by atoms with Crippen LogP contribution in [-0.2, 0) is 22.5 Å². The van der Waals surface area contributed by atoms with Crippen LogP contribution in [0, 0.1) is 11.6 Å². The molecule has 0 bridgehead atoms. The van der Waals surface area contributed by atoms with Gasteiger partial charge in [0.25, 0.3) is 0 Å². The first-order chi connectivity index (χ1) is 23.2. The fourth-order valence-corrected chi connectivity index (χ4v) is 6.77. The largest absolute Gasteiger partial charge is 0.490 e. The maximum absolute atomic E-state index is 16.1. The average Bonchev–Trinajstić information content (AvgIpc) is 3.74. The van der Waals surface area contributed by atoms with Crippen LogP contribution in [-0.4, -0.2) is 75.9 Å². The summed E-state index contributed by atoms with van der Waals surface area (Å²) in [5.74, 6) is -1.79. The summed E-state index contributed by atoms with van der Waals surface area (Å²) in [5, 5.41) is 5.47. The van der Waals surface area contributed by atoms with E-state index in [-0.39, 0.29) is 42.5 Å². The van der Waals surface area contributed by atoms with Gasteiger partial charge in [0.05, 0.1) is 36.7 Å². The van der Waals surface area contributed by atoms with Crippen molar-refractivity contribution >= 4 is 16.9 Å². The van der Waals surface area contributed by atoms with Gasteiger partial charge in [0.1, 0.15) is 41.1 Å². The lowest BCUT2D eigenvalue weighted by atomic mass is 9.93. The van der Waals surface area contributed by atoms with E-state index in [1.54, 1.807) is 17.2 Å². The number of hydrogen-bond donors (Lipinski definition) is 0. The summed E-state index contributed by atoms with van der Waals surface area (Å²) in [7, 11) is 3.61. The molecular weight excluding hydrogens is 618 g/mol. The number of furan rings is 1. The zero-order valence-electron chi connectivity index (χ0n) is 27.3. The molecule has 6 heterocycles. The Morgan fingerprint density at radius 1 is 1.08 bits per heavy atom. The monoisotopic (exact) mass is 654 g/mol. The molecule has 0 spiro atoms. The molecule has 7 rings (SSSR count). The van der Waals surface area contributed by atoms with Gasteiger partial charge in [-0.15, -0.1) is 0 Å². The Hall–Kier alpha value is -4.94. The Morgan fingerprint density at radius 2 is 1.92 bits per heavy atom. The SMILES string of the molecule is C=CC(=O)N1CCn2nc(-c3nc(-c4cnc5c(c4)C(C)N(C)CC5)c4occc4c3-c3c(F)cc(F)cc3OCCOC)cc2C1C. The highest BCUT2D eigenvalue weighted by atomic mass is 19.1. The number of hydrogen-bond acceptors (Lipinski definition) is 8. The second-order valence-electron chi connectivity index (χ2n) is 12.2. The number of methoxy groups -OCH3 is 1. The van der Waals surface area contributed by atoms with Gasteiger partial charge in [-0.2, -0.15) is 5.10 Å². The molecule has 2 unspecified atom stereocenters. The number of benzene rings is 1. The van der Waals surface area contributed by atoms with Gasteiger partial charge >= 0.3 is 0 Å². The van der Waals surface area contributed by atoms with E-state index in [1.165, 1.54) is 19.4 Å². The van der Waals surface area contributed by atoms with Gasteiger partial charge in [-0.25, -0.2) is 13.8 Å². The summed E-state index contributed by atoms with van der Waals surface area (Å²) < 4.78 is 49.7. The minimum atomic E-state index is -0.826. The number of nitrogens with zero attached hydrogens (tertiary/aromatic N) is 6. The second-order valence-corrected chi connectivity index (χ2v) is 12.2. The summed E-state index contributed by atoms with van der Waals surface area (Å²) in [5.41, 5.74) is 5.76. The fraction of sp³-hybridized carbons (Fsp3) is 0.333. The zero-order chi connectivity index (χ0) is 33.7. The van der Waals surface area contributed by atoms with E-state index in [1.807, 2.05) is 17.7 Å². The van der Waals surface area contributed by atoms with Gasteiger partial charge in [0.2, 0.25) is 5.91 Å². The highest BCUT2D eigenvalue weighted by molar-refractivity contribution is 6.06. The summed E-state index contributed by atoms with van der Waals surface area (Å²) in [4.78, 5) is 26.6. The second kappa shape index (κ2) is 12.6. The molecule has 0 saturated carbocycles. The van der Waals surface area contributed by atoms with E-state index in [0.717, 1.165) is 47.6 Å². The maximum atomic E-state index is 16.1. The Bertz CT molecular complexity index is 2060. The third-order valence-corrected chi connectivity index (χ3v) is 9.47. The van der Waals surface area contributed by atoms with Crippen molar-refractivity contribution in [2.24, 2.45) is 0 Å². The lowest BCUT2D eigenvalue weighted by molar-refractivity contribution is -0.129. The molecule has 248 valence electrons. The van der Waals surface area contributed by atoms with Gasteiger partial charge in [0.15, 0.2) is 5.58 Å². The van der Waals surface area contributed by atoms with E-state index < -0.39 is 11.6 Å². The molecular formula is C36H36F2N6O4. The maximum Gasteiger partial charge on any atom is 0.246 e. The molecule has 1 aromatic carbocycles. The first kappa shape index (κ1) is 31.6. The number of aromatic nitrogens is 4. The third-order valence-electron chi connectivity index (χ3n) is 9.47. The third kappa shape index (κ3) is 5.34. The lowest BCUT2D eigenvalue weighted by Crippen LogP contribution is -2.40. The normalized spacial score (nSPS) is 17.8. The smallest absolute Gasteiger partial charge is 0.246 e. The van der Waals surface area contributed by atoms with Crippen LogP contribution in [0.5, 0.6) is 5.75 Å². The predicted octanol–water partition coefficient (Wildman–Crippen LogP) is 6.36. The Morgan fingerprint density at radius 3 is 2.71 bits per heavy atom. The van der Waals surface area contributed by atoms with Gasteiger partial charge in [-0.3, -0.25) is 19.4 Å². The molecule has 5 aromatic rings. The van der Waals surface area contributed by atoms with Crippen molar-refractivity contribution in [1.82, 2.24) is 29.5 Å². The zero-order valence-corrected chi connectivity index (χ0v) is 27.3. The number of halogens is 2. The van der Waals surface area contributed by atoms with Crippen LogP contribution in [0.15, 0.2) is 59.9 Å². The number of carbonyl (C=O) groups excluding carboxylic acids is 1. The van der Waals surface area contributed by atoms with Crippen LogP contribution in [0.1, 0.15) is 42.9 Å². The van der Waals surface area contributed by atoms with Crippen molar-refractivity contribution < 1.29 is 27.5 Å². The van der Waals surface area contributed by atoms with Gasteiger partial charge < -0.3 is 18.8 Å². The summed E-state index contributed by atoms with van der Waals surface area (Å²) in [6, 6.07) is 7.53. The molecule has 2 aliphatic rings. The summed E-state index contributed by atoms with van der Waals surface area (Å²) in [6.07, 6.45) is 5.46. The van der Waals surface area contributed by atoms with E-state index in [2.05, 4.69) is 31.5 Å². The molecule has 4 aromatic heterocycles. The number of carbonyl (C=O) groups is 1. The van der Waals surface area contributed by atoms with Gasteiger partial charge in [-0.05, 0) is 50.7 Å². The molecule has 2 aliphatic heterocycles. The Kier molecular flexibility index (Phi) is 8.30. The average molecular weight is 655 g/mol. The predicted molar refractivity (Wildman–Crippen MR) is 176 cm³/mol. The summed E-state index contributed by atoms with van der Waals surface area (Å²) in [6.45, 7) is 9.82. The Labute approximate surface area is 276 Å². The van der Waals surface area contributed by atoms with Gasteiger partial charge in [-0.1, -0.05) is 6.58 Å². The van der Waals surface area contributed by atoms with Crippen molar-refractivity contribution in [2.75, 3.05) is 40.5 Å². The first-order valence-corrected chi connectivity index (χ1v) is 15.9. The van der Waals surface area contributed by atoms with Crippen molar-refractivity contribution in [3.8, 4) is 39.5 Å². The minimum Gasteiger partial charge on any atom is -0.490 e. The van der Waals surface area contributed by atoms with Crippen LogP contribution in [0.3, 0.4) is 0 Å². The Balaban J connectivity index is 1.49. The molecule has 12 heteroatoms. The quantitative estimate of drug-likeness (QED) is 0.141. The van der Waals surface area contributed by atoms with Crippen molar-refractivity contribution in [3.05, 3.63) is 84.0 Å². The molecule has 2 atom stereocenters. The van der Waals surface area contributed by atoms with E-state index in [0.29, 0.717) is 46.7 Å². The van der Waals surface area contributed by atoms with Crippen molar-refractivity contribution in [2.45, 2.75) is 38.9 Å². The molecule has 48 heavy (non-hydrogen) atoms. The summed E-state index contributed by atoms with van der Waals surface area (Å²) >= 11 is 0. The molecule has 0 aliphatic carbocycles. The lowest BCUT2D eigenvalue weighted by Gasteiger charge is -2.33. The van der Waals surface area contributed by atoms with Crippen LogP contribution in [0.4, 0.5) is 8.78 Å². The number of fused-ring (bicyclic) bond motifs is 3. The van der Waals surface area contributed by atoms with Gasteiger partial charge in [0, 0.05) is 73.2 Å². The van der Waals surface area contributed by atoms with E-state index in [9.17, 15) is 9.18 Å². The highest BCUT2D eigenvalue weighted by Gasteiger charge is 2.32. The topological polar surface area (TPSA) is 98.8 Å². The number of amides is 1. The number of likely N-dealkylation sites (N-methyl/N-ethyl adjacent to an activating group) is 1. The standard InChI is InChI=1S/C36H36F2N6O4/c1-6-31(45)43-10-11-44-29(21(43)3)18-28(41-44)35-32(33-26(38)16-23(37)17-30(33)47-14-13-46-5)24-8-12-48-36(24)34(40-35)22-15-25-20(2)42(4)9-7-27(25)39-19-22/h6,8,12,15-21H,1,7,9-11,13-14H2,2-5H3. The fourth-order valence-electron chi connectivity index (χ4n) is 6.77. The highest BCUT2D eigenvalue weighted by Crippen LogP contribution is 2.46. The van der Waals surface area contributed by atoms with Crippen LogP contribution >= 0.6 is 0 Å². The molecule has 10 nitrogen and oxygen atoms in total. The number of pyridine rings is 2. The molecule has 0 saturated heterocycles. The molecule has 0 radical (unpaired) electrons. The number of rotatable bonds is 8. The van der Waals surface area contributed by atoms with Crippen LogP contribution < -0.4 is 4.74 Å². The molecule has 0 fully saturated rings. The van der Waals surface area contributed by atoms with Crippen LogP contribution in [0.25, 0.3) is 44.7 Å². The minimum absolute atomic E-state index is 0.00439. The number of ether oxygens (including phenoxy) is 2. The van der Waals surface area contributed by atoms with Crippen molar-refractivity contribution in [3.63, 3.8) is 0 Å². The first-order valence-electron chi connectivity index (χ1n) is 15.9. The van der Waals surface area contributed by atoms with E-state index in [4.69, 9.17) is 29.0 Å². The van der Waals surface area contributed by atoms with Crippen molar-refractivity contribution in [1.29, 1.82) is 0 Å². The van der Waals surface area contributed by atoms with E-state index >= 15 is 4.39 Å². The molecule has 1 amide bonds. The van der Waals surface area contributed by atoms with Crippen LogP contribution in [0.2, 0.25) is 0 Å². The molecule has 0 N–H and O–H groups in total.